The third-order valence-corrected chi connectivity index (χ3v) is 5.48. The maximum Gasteiger partial charge on any atom is 0.224 e. The summed E-state index contributed by atoms with van der Waals surface area (Å²) in [5.41, 5.74) is 0.0146. The highest BCUT2D eigenvalue weighted by Crippen LogP contribution is 2.42. The lowest BCUT2D eigenvalue weighted by Crippen LogP contribution is -2.39. The van der Waals surface area contributed by atoms with Crippen LogP contribution in [0.5, 0.6) is 0 Å². The number of aromatic nitrogens is 5. The van der Waals surface area contributed by atoms with Crippen LogP contribution >= 0.6 is 0 Å². The molecule has 1 saturated heterocycles. The van der Waals surface area contributed by atoms with Crippen LogP contribution in [0.4, 0.5) is 11.8 Å². The maximum atomic E-state index is 5.65. The van der Waals surface area contributed by atoms with Crippen LogP contribution in [0.15, 0.2) is 24.7 Å². The maximum absolute atomic E-state index is 5.65. The molecule has 3 heterocycles. The van der Waals surface area contributed by atoms with Gasteiger partial charge in [-0.25, -0.2) is 9.67 Å². The molecule has 1 saturated carbocycles. The largest absolute Gasteiger partial charge is 0.378 e. The summed E-state index contributed by atoms with van der Waals surface area (Å²) in [5.74, 6) is 1.58. The average Bonchev–Trinajstić information content (AvgIpc) is 3.08. The summed E-state index contributed by atoms with van der Waals surface area (Å²) in [4.78, 5) is 13.6. The minimum absolute atomic E-state index is 0.0146. The number of hydrogen-bond acceptors (Lipinski definition) is 8. The van der Waals surface area contributed by atoms with Gasteiger partial charge < -0.3 is 19.9 Å². The minimum Gasteiger partial charge on any atom is -0.378 e. The Labute approximate surface area is 153 Å². The predicted molar refractivity (Wildman–Crippen MR) is 98.2 cm³/mol. The molecular formula is C17H26N8O. The molecule has 140 valence electrons. The number of ether oxygens (including phenoxy) is 1. The van der Waals surface area contributed by atoms with Gasteiger partial charge in [0.1, 0.15) is 5.82 Å². The van der Waals surface area contributed by atoms with E-state index in [4.69, 9.17) is 9.72 Å². The van der Waals surface area contributed by atoms with E-state index in [1.54, 1.807) is 13.3 Å². The minimum atomic E-state index is 0.0146. The molecule has 9 nitrogen and oxygen atoms in total. The number of methoxy groups -OCH3 is 1. The van der Waals surface area contributed by atoms with Gasteiger partial charge in [-0.3, -0.25) is 0 Å². The highest BCUT2D eigenvalue weighted by atomic mass is 16.5. The number of rotatable bonds is 7. The van der Waals surface area contributed by atoms with Gasteiger partial charge in [-0.15, -0.1) is 5.10 Å². The van der Waals surface area contributed by atoms with Gasteiger partial charge in [0.15, 0.2) is 0 Å². The highest BCUT2D eigenvalue weighted by Gasteiger charge is 2.45. The topological polar surface area (TPSA) is 84.2 Å². The van der Waals surface area contributed by atoms with Gasteiger partial charge >= 0.3 is 0 Å². The van der Waals surface area contributed by atoms with E-state index in [-0.39, 0.29) is 11.6 Å². The number of hydrogen-bond donors (Lipinski definition) is 1. The average molecular weight is 358 g/mol. The van der Waals surface area contributed by atoms with Crippen molar-refractivity contribution in [3.8, 4) is 0 Å². The Bertz CT molecular complexity index is 730. The van der Waals surface area contributed by atoms with Gasteiger partial charge in [0, 0.05) is 39.1 Å². The van der Waals surface area contributed by atoms with Gasteiger partial charge in [-0.1, -0.05) is 5.21 Å². The lowest BCUT2D eigenvalue weighted by molar-refractivity contribution is 0.0639. The first-order chi connectivity index (χ1) is 12.6. The van der Waals surface area contributed by atoms with Crippen molar-refractivity contribution in [2.24, 2.45) is 0 Å². The molecule has 0 radical (unpaired) electrons. The standard InChI is InChI=1S/C17H26N8O/c1-23(2)13-10-24(11-14(13)26-3)15-4-7-18-16(21-15)19-12-17(5-6-17)25-9-8-20-22-25/h4,7-9,13-14H,5-6,10-12H2,1-3H3,(H,18,19,21)/t13-,14+/m0/s1. The lowest BCUT2D eigenvalue weighted by atomic mass is 10.2. The van der Waals surface area contributed by atoms with E-state index in [1.807, 2.05) is 23.1 Å². The van der Waals surface area contributed by atoms with Crippen molar-refractivity contribution in [3.63, 3.8) is 0 Å². The van der Waals surface area contributed by atoms with Crippen molar-refractivity contribution in [2.45, 2.75) is 30.5 Å². The molecule has 1 aliphatic heterocycles. The zero-order valence-corrected chi connectivity index (χ0v) is 15.5. The molecule has 0 bridgehead atoms. The third-order valence-electron chi connectivity index (χ3n) is 5.48. The van der Waals surface area contributed by atoms with Crippen molar-refractivity contribution >= 4 is 11.8 Å². The van der Waals surface area contributed by atoms with Crippen molar-refractivity contribution in [3.05, 3.63) is 24.7 Å². The molecule has 2 aromatic heterocycles. The van der Waals surface area contributed by atoms with Crippen LogP contribution in [0.3, 0.4) is 0 Å². The van der Waals surface area contributed by atoms with Crippen LogP contribution in [0.1, 0.15) is 12.8 Å². The Morgan fingerprint density at radius 2 is 2.15 bits per heavy atom. The van der Waals surface area contributed by atoms with Gasteiger partial charge in [-0.05, 0) is 33.0 Å². The molecule has 0 spiro atoms. The third kappa shape index (κ3) is 3.24. The van der Waals surface area contributed by atoms with E-state index in [1.165, 1.54) is 0 Å². The van der Waals surface area contributed by atoms with Gasteiger partial charge in [0.25, 0.3) is 0 Å². The summed E-state index contributed by atoms with van der Waals surface area (Å²) >= 11 is 0. The van der Waals surface area contributed by atoms with Crippen LogP contribution in [-0.4, -0.2) is 82.8 Å². The fourth-order valence-electron chi connectivity index (χ4n) is 3.62. The monoisotopic (exact) mass is 358 g/mol. The highest BCUT2D eigenvalue weighted by molar-refractivity contribution is 5.44. The Morgan fingerprint density at radius 1 is 1.31 bits per heavy atom. The molecule has 1 N–H and O–H groups in total. The summed E-state index contributed by atoms with van der Waals surface area (Å²) in [7, 11) is 5.95. The normalized spacial score (nSPS) is 24.2. The van der Waals surface area contributed by atoms with Crippen LogP contribution < -0.4 is 10.2 Å². The van der Waals surface area contributed by atoms with Crippen LogP contribution in [0, 0.1) is 0 Å². The summed E-state index contributed by atoms with van der Waals surface area (Å²) in [6, 6.07) is 2.31. The predicted octanol–water partition coefficient (Wildman–Crippen LogP) is 0.435. The van der Waals surface area contributed by atoms with Crippen LogP contribution in [0.2, 0.25) is 0 Å². The number of nitrogens with zero attached hydrogens (tertiary/aromatic N) is 7. The molecule has 9 heteroatoms. The first-order valence-corrected chi connectivity index (χ1v) is 8.99. The van der Waals surface area contributed by atoms with Crippen LogP contribution in [0.25, 0.3) is 0 Å². The first kappa shape index (κ1) is 17.2. The van der Waals surface area contributed by atoms with E-state index in [9.17, 15) is 0 Å². The Kier molecular flexibility index (Phi) is 4.49. The summed E-state index contributed by atoms with van der Waals surface area (Å²) in [6.45, 7) is 2.48. The van der Waals surface area contributed by atoms with E-state index in [0.717, 1.165) is 38.3 Å². The quantitative estimate of drug-likeness (QED) is 0.763. The molecule has 0 amide bonds. The fraction of sp³-hybridized carbons (Fsp3) is 0.647. The molecule has 0 aromatic carbocycles. The SMILES string of the molecule is CO[C@@H]1CN(c2ccnc(NCC3(n4ccnn4)CC3)n2)C[C@@H]1N(C)C. The van der Waals surface area contributed by atoms with Crippen molar-refractivity contribution in [2.75, 3.05) is 51.1 Å². The molecule has 2 aliphatic rings. The lowest BCUT2D eigenvalue weighted by Gasteiger charge is -2.23. The van der Waals surface area contributed by atoms with Gasteiger partial charge in [-0.2, -0.15) is 4.98 Å². The number of likely N-dealkylation sites (N-methyl/N-ethyl adjacent to an activating group) is 1. The van der Waals surface area contributed by atoms with Crippen LogP contribution in [-0.2, 0) is 10.3 Å². The van der Waals surface area contributed by atoms with Gasteiger partial charge in [0.05, 0.1) is 23.9 Å². The van der Waals surface area contributed by atoms with E-state index < -0.39 is 0 Å². The molecule has 2 aromatic rings. The molecular weight excluding hydrogens is 332 g/mol. The zero-order valence-electron chi connectivity index (χ0n) is 15.5. The van der Waals surface area contributed by atoms with Crippen molar-refractivity contribution in [1.82, 2.24) is 29.9 Å². The second kappa shape index (κ2) is 6.81. The molecule has 2 atom stereocenters. The smallest absolute Gasteiger partial charge is 0.224 e. The Hall–Kier alpha value is -2.26. The molecule has 2 fully saturated rings. The molecule has 1 aliphatic carbocycles. The van der Waals surface area contributed by atoms with E-state index in [2.05, 4.69) is 44.5 Å². The molecule has 26 heavy (non-hydrogen) atoms. The summed E-state index contributed by atoms with van der Waals surface area (Å²) in [6.07, 6.45) is 7.81. The number of nitrogens with one attached hydrogen (secondary N) is 1. The van der Waals surface area contributed by atoms with E-state index in [0.29, 0.717) is 12.0 Å². The number of anilines is 2. The van der Waals surface area contributed by atoms with Crippen molar-refractivity contribution < 1.29 is 4.74 Å². The summed E-state index contributed by atoms with van der Waals surface area (Å²) < 4.78 is 7.59. The second-order valence-corrected chi connectivity index (χ2v) is 7.37. The molecule has 0 unspecified atom stereocenters. The first-order valence-electron chi connectivity index (χ1n) is 8.99. The Balaban J connectivity index is 1.43. The second-order valence-electron chi connectivity index (χ2n) is 7.37. The Morgan fingerprint density at radius 3 is 2.77 bits per heavy atom. The van der Waals surface area contributed by atoms with E-state index >= 15 is 0 Å². The fourth-order valence-corrected chi connectivity index (χ4v) is 3.62. The molecule has 4 rings (SSSR count). The summed E-state index contributed by atoms with van der Waals surface area (Å²) in [5, 5.41) is 11.4. The van der Waals surface area contributed by atoms with Gasteiger partial charge in [0.2, 0.25) is 5.95 Å². The zero-order chi connectivity index (χ0) is 18.1. The van der Waals surface area contributed by atoms with Crippen molar-refractivity contribution in [1.29, 1.82) is 0 Å².